The summed E-state index contributed by atoms with van der Waals surface area (Å²) in [4.78, 5) is 16.8. The van der Waals surface area contributed by atoms with Gasteiger partial charge in [-0.15, -0.1) is 0 Å². The van der Waals surface area contributed by atoms with Gasteiger partial charge in [-0.1, -0.05) is 24.3 Å². The van der Waals surface area contributed by atoms with Crippen molar-refractivity contribution in [1.29, 1.82) is 0 Å². The number of hydrogen-bond acceptors (Lipinski definition) is 2. The number of rotatable bonds is 3. The zero-order chi connectivity index (χ0) is 15.0. The predicted octanol–water partition coefficient (Wildman–Crippen LogP) is 2.72. The molecule has 0 radical (unpaired) electrons. The van der Waals surface area contributed by atoms with E-state index in [0.29, 0.717) is 0 Å². The highest BCUT2D eigenvalue weighted by molar-refractivity contribution is 5.75. The van der Waals surface area contributed by atoms with Gasteiger partial charge in [0.2, 0.25) is 0 Å². The van der Waals surface area contributed by atoms with Crippen molar-refractivity contribution in [3.63, 3.8) is 0 Å². The van der Waals surface area contributed by atoms with Crippen LogP contribution in [0.5, 0.6) is 0 Å². The van der Waals surface area contributed by atoms with Crippen LogP contribution in [0.15, 0.2) is 41.2 Å². The van der Waals surface area contributed by atoms with E-state index in [-0.39, 0.29) is 11.7 Å². The number of hydrogen-bond donors (Lipinski definition) is 3. The Bertz CT molecular complexity index is 845. The van der Waals surface area contributed by atoms with E-state index in [1.807, 2.05) is 18.2 Å². The smallest absolute Gasteiger partial charge is 0.323 e. The summed E-state index contributed by atoms with van der Waals surface area (Å²) in [5, 5.41) is 0. The van der Waals surface area contributed by atoms with E-state index in [1.165, 1.54) is 16.7 Å². The summed E-state index contributed by atoms with van der Waals surface area (Å²) in [5.74, 6) is 0. The Morgan fingerprint density at radius 1 is 1.00 bits per heavy atom. The van der Waals surface area contributed by atoms with Gasteiger partial charge in [0.1, 0.15) is 0 Å². The SMILES string of the molecule is Cc1ccc(CC(N)c2ccc3[nH]c(=O)[nH]c3c2)cc1C. The topological polar surface area (TPSA) is 74.7 Å². The maximum Gasteiger partial charge on any atom is 0.323 e. The van der Waals surface area contributed by atoms with E-state index >= 15 is 0 Å². The standard InChI is InChI=1S/C17H19N3O/c1-10-3-4-12(7-11(10)2)8-14(18)13-5-6-15-16(9-13)20-17(21)19-15/h3-7,9,14H,8,18H2,1-2H3,(H2,19,20,21). The number of aromatic amines is 2. The lowest BCUT2D eigenvalue weighted by molar-refractivity contribution is 0.722. The monoisotopic (exact) mass is 281 g/mol. The first kappa shape index (κ1) is 13.6. The minimum absolute atomic E-state index is 0.0880. The van der Waals surface area contributed by atoms with Crippen molar-refractivity contribution in [2.75, 3.05) is 0 Å². The minimum Gasteiger partial charge on any atom is -0.324 e. The molecule has 0 bridgehead atoms. The number of fused-ring (bicyclic) bond motifs is 1. The van der Waals surface area contributed by atoms with E-state index in [4.69, 9.17) is 5.73 Å². The molecule has 4 heteroatoms. The number of nitrogens with one attached hydrogen (secondary N) is 2. The molecule has 0 aliphatic heterocycles. The Labute approximate surface area is 123 Å². The number of benzene rings is 2. The minimum atomic E-state index is -0.190. The van der Waals surface area contributed by atoms with Gasteiger partial charge in [0, 0.05) is 6.04 Å². The summed E-state index contributed by atoms with van der Waals surface area (Å²) < 4.78 is 0. The summed E-state index contributed by atoms with van der Waals surface area (Å²) in [6, 6.07) is 12.2. The Morgan fingerprint density at radius 2 is 1.76 bits per heavy atom. The van der Waals surface area contributed by atoms with Crippen LogP contribution in [-0.4, -0.2) is 9.97 Å². The summed E-state index contributed by atoms with van der Waals surface area (Å²) in [5.41, 5.74) is 12.6. The average molecular weight is 281 g/mol. The zero-order valence-electron chi connectivity index (χ0n) is 12.2. The maximum absolute atomic E-state index is 11.3. The summed E-state index contributed by atoms with van der Waals surface area (Å²) in [7, 11) is 0. The maximum atomic E-state index is 11.3. The van der Waals surface area contributed by atoms with Gasteiger partial charge < -0.3 is 15.7 Å². The molecule has 0 aliphatic rings. The molecule has 1 aromatic heterocycles. The number of nitrogens with two attached hydrogens (primary N) is 1. The number of H-pyrrole nitrogens is 2. The highest BCUT2D eigenvalue weighted by Crippen LogP contribution is 2.20. The summed E-state index contributed by atoms with van der Waals surface area (Å²) >= 11 is 0. The van der Waals surface area contributed by atoms with E-state index in [0.717, 1.165) is 23.0 Å². The highest BCUT2D eigenvalue weighted by Gasteiger charge is 2.09. The van der Waals surface area contributed by atoms with Gasteiger partial charge in [-0.25, -0.2) is 4.79 Å². The van der Waals surface area contributed by atoms with Crippen LogP contribution in [-0.2, 0) is 6.42 Å². The van der Waals surface area contributed by atoms with Gasteiger partial charge >= 0.3 is 5.69 Å². The van der Waals surface area contributed by atoms with Crippen molar-refractivity contribution < 1.29 is 0 Å². The van der Waals surface area contributed by atoms with Crippen LogP contribution in [0.3, 0.4) is 0 Å². The van der Waals surface area contributed by atoms with E-state index < -0.39 is 0 Å². The lowest BCUT2D eigenvalue weighted by atomic mass is 9.97. The second-order valence-corrected chi connectivity index (χ2v) is 5.61. The van der Waals surface area contributed by atoms with Crippen LogP contribution < -0.4 is 11.4 Å². The van der Waals surface area contributed by atoms with Crippen LogP contribution in [0.4, 0.5) is 0 Å². The van der Waals surface area contributed by atoms with Gasteiger partial charge in [0.05, 0.1) is 11.0 Å². The molecule has 0 aliphatic carbocycles. The molecule has 1 atom stereocenters. The van der Waals surface area contributed by atoms with Gasteiger partial charge in [-0.3, -0.25) is 0 Å². The predicted molar refractivity (Wildman–Crippen MR) is 85.5 cm³/mol. The quantitative estimate of drug-likeness (QED) is 0.690. The van der Waals surface area contributed by atoms with Crippen molar-refractivity contribution in [3.8, 4) is 0 Å². The molecule has 1 unspecified atom stereocenters. The first-order valence-electron chi connectivity index (χ1n) is 7.06. The number of aryl methyl sites for hydroxylation is 2. The molecule has 0 amide bonds. The van der Waals surface area contributed by atoms with Crippen LogP contribution in [0.25, 0.3) is 11.0 Å². The van der Waals surface area contributed by atoms with Crippen LogP contribution in [0.2, 0.25) is 0 Å². The first-order chi connectivity index (χ1) is 10.0. The van der Waals surface area contributed by atoms with E-state index in [2.05, 4.69) is 42.0 Å². The van der Waals surface area contributed by atoms with Crippen molar-refractivity contribution in [3.05, 3.63) is 69.1 Å². The van der Waals surface area contributed by atoms with Gasteiger partial charge in [-0.2, -0.15) is 0 Å². The van der Waals surface area contributed by atoms with Crippen LogP contribution >= 0.6 is 0 Å². The third kappa shape index (κ3) is 2.76. The molecule has 0 fully saturated rings. The molecule has 3 rings (SSSR count). The molecule has 0 saturated carbocycles. The molecule has 1 heterocycles. The van der Waals surface area contributed by atoms with E-state index in [1.54, 1.807) is 0 Å². The molecule has 108 valence electrons. The lowest BCUT2D eigenvalue weighted by Crippen LogP contribution is -2.13. The largest absolute Gasteiger partial charge is 0.324 e. The number of aromatic nitrogens is 2. The second-order valence-electron chi connectivity index (χ2n) is 5.61. The highest BCUT2D eigenvalue weighted by atomic mass is 16.1. The van der Waals surface area contributed by atoms with Gasteiger partial charge in [0.15, 0.2) is 0 Å². The Kier molecular flexibility index (Phi) is 3.39. The average Bonchev–Trinajstić information content (AvgIpc) is 2.82. The molecular formula is C17H19N3O. The molecule has 21 heavy (non-hydrogen) atoms. The van der Waals surface area contributed by atoms with Gasteiger partial charge in [0.25, 0.3) is 0 Å². The molecule has 2 aromatic carbocycles. The Hall–Kier alpha value is -2.33. The second kappa shape index (κ2) is 5.22. The van der Waals surface area contributed by atoms with Crippen molar-refractivity contribution in [1.82, 2.24) is 9.97 Å². The third-order valence-electron chi connectivity index (χ3n) is 4.00. The fourth-order valence-corrected chi connectivity index (χ4v) is 2.58. The van der Waals surface area contributed by atoms with E-state index in [9.17, 15) is 4.79 Å². The molecule has 0 saturated heterocycles. The van der Waals surface area contributed by atoms with Crippen LogP contribution in [0, 0.1) is 13.8 Å². The van der Waals surface area contributed by atoms with Gasteiger partial charge in [-0.05, 0) is 54.7 Å². The first-order valence-corrected chi connectivity index (χ1v) is 7.06. The molecule has 3 aromatic rings. The van der Waals surface area contributed by atoms with Crippen molar-refractivity contribution in [2.45, 2.75) is 26.3 Å². The Balaban J connectivity index is 1.87. The summed E-state index contributed by atoms with van der Waals surface area (Å²) in [6.07, 6.45) is 0.779. The zero-order valence-corrected chi connectivity index (χ0v) is 12.2. The molecule has 4 N–H and O–H groups in total. The van der Waals surface area contributed by atoms with Crippen molar-refractivity contribution >= 4 is 11.0 Å². The van der Waals surface area contributed by atoms with Crippen LogP contribution in [0.1, 0.15) is 28.3 Å². The summed E-state index contributed by atoms with van der Waals surface area (Å²) in [6.45, 7) is 4.22. The molecular weight excluding hydrogens is 262 g/mol. The molecule has 4 nitrogen and oxygen atoms in total. The molecule has 0 spiro atoms. The normalized spacial score (nSPS) is 12.7. The van der Waals surface area contributed by atoms with Crippen molar-refractivity contribution in [2.24, 2.45) is 5.73 Å². The lowest BCUT2D eigenvalue weighted by Gasteiger charge is -2.13. The fraction of sp³-hybridized carbons (Fsp3) is 0.235. The fourth-order valence-electron chi connectivity index (χ4n) is 2.58. The Morgan fingerprint density at radius 3 is 2.52 bits per heavy atom. The number of imidazole rings is 1. The third-order valence-corrected chi connectivity index (χ3v) is 4.00.